The van der Waals surface area contributed by atoms with E-state index in [0.717, 1.165) is 22.4 Å². The zero-order chi connectivity index (χ0) is 12.3. The maximum Gasteiger partial charge on any atom is 0.119 e. The fourth-order valence-corrected chi connectivity index (χ4v) is 1.81. The molecule has 3 nitrogen and oxygen atoms in total. The molecule has 0 aliphatic heterocycles. The lowest BCUT2D eigenvalue weighted by molar-refractivity contribution is 0.219. The molecule has 0 bridgehead atoms. The van der Waals surface area contributed by atoms with Crippen molar-refractivity contribution in [2.75, 3.05) is 7.11 Å². The Kier molecular flexibility index (Phi) is 3.40. The van der Waals surface area contributed by atoms with Crippen LogP contribution in [0.4, 0.5) is 0 Å². The van der Waals surface area contributed by atoms with Gasteiger partial charge in [-0.25, -0.2) is 0 Å². The molecule has 0 amide bonds. The minimum Gasteiger partial charge on any atom is -0.497 e. The highest BCUT2D eigenvalue weighted by Crippen LogP contribution is 2.26. The van der Waals surface area contributed by atoms with Crippen LogP contribution >= 0.6 is 0 Å². The lowest BCUT2D eigenvalue weighted by atomic mass is 9.98. The second kappa shape index (κ2) is 4.97. The molecule has 1 heterocycles. The first-order valence-corrected chi connectivity index (χ1v) is 5.45. The summed E-state index contributed by atoms with van der Waals surface area (Å²) in [4.78, 5) is 3.94. The monoisotopic (exact) mass is 229 g/mol. The average Bonchev–Trinajstić information content (AvgIpc) is 2.39. The molecule has 0 aliphatic carbocycles. The van der Waals surface area contributed by atoms with Crippen molar-refractivity contribution < 1.29 is 9.84 Å². The molecule has 2 rings (SSSR count). The van der Waals surface area contributed by atoms with Crippen LogP contribution < -0.4 is 4.74 Å². The van der Waals surface area contributed by atoms with Gasteiger partial charge < -0.3 is 9.84 Å². The minimum atomic E-state index is -0.621. The summed E-state index contributed by atoms with van der Waals surface area (Å²) in [7, 11) is 1.63. The van der Waals surface area contributed by atoms with E-state index in [1.807, 2.05) is 37.3 Å². The van der Waals surface area contributed by atoms with Gasteiger partial charge in [-0.1, -0.05) is 6.07 Å². The molecular weight excluding hydrogens is 214 g/mol. The predicted octanol–water partition coefficient (Wildman–Crippen LogP) is 2.48. The lowest BCUT2D eigenvalue weighted by Gasteiger charge is -2.14. The first-order chi connectivity index (χ1) is 8.22. The van der Waals surface area contributed by atoms with E-state index in [2.05, 4.69) is 4.98 Å². The fraction of sp³-hybridized carbons (Fsp3) is 0.214. The van der Waals surface area contributed by atoms with E-state index >= 15 is 0 Å². The number of hydrogen-bond acceptors (Lipinski definition) is 3. The van der Waals surface area contributed by atoms with Crippen molar-refractivity contribution in [1.29, 1.82) is 0 Å². The van der Waals surface area contributed by atoms with Crippen molar-refractivity contribution in [3.05, 3.63) is 59.4 Å². The van der Waals surface area contributed by atoms with Gasteiger partial charge in [0.15, 0.2) is 0 Å². The molecule has 1 aromatic heterocycles. The highest BCUT2D eigenvalue weighted by Gasteiger charge is 2.12. The standard InChI is InChI=1S/C14H15NO2/c1-10-9-12(17-2)3-4-13(10)14(16)11-5-7-15-8-6-11/h3-9,14,16H,1-2H3. The number of hydrogen-bond donors (Lipinski definition) is 1. The topological polar surface area (TPSA) is 42.4 Å². The van der Waals surface area contributed by atoms with Crippen LogP contribution in [-0.4, -0.2) is 17.2 Å². The summed E-state index contributed by atoms with van der Waals surface area (Å²) < 4.78 is 5.14. The molecule has 17 heavy (non-hydrogen) atoms. The van der Waals surface area contributed by atoms with Crippen LogP contribution in [0.15, 0.2) is 42.7 Å². The Hall–Kier alpha value is -1.87. The number of aliphatic hydroxyl groups excluding tert-OH is 1. The van der Waals surface area contributed by atoms with Gasteiger partial charge in [-0.2, -0.15) is 0 Å². The average molecular weight is 229 g/mol. The SMILES string of the molecule is COc1ccc(C(O)c2ccncc2)c(C)c1. The highest BCUT2D eigenvalue weighted by atomic mass is 16.5. The number of benzene rings is 1. The van der Waals surface area contributed by atoms with Crippen LogP contribution in [0.5, 0.6) is 5.75 Å². The Balaban J connectivity index is 2.34. The molecule has 2 aromatic rings. The smallest absolute Gasteiger partial charge is 0.119 e. The number of ether oxygens (including phenoxy) is 1. The molecule has 1 unspecified atom stereocenters. The number of aliphatic hydroxyl groups is 1. The van der Waals surface area contributed by atoms with Gasteiger partial charge in [-0.15, -0.1) is 0 Å². The number of pyridine rings is 1. The molecule has 0 saturated heterocycles. The molecule has 1 aromatic carbocycles. The van der Waals surface area contributed by atoms with E-state index in [0.29, 0.717) is 0 Å². The lowest BCUT2D eigenvalue weighted by Crippen LogP contribution is -2.02. The van der Waals surface area contributed by atoms with Gasteiger partial charge in [0.2, 0.25) is 0 Å². The molecule has 3 heteroatoms. The van der Waals surface area contributed by atoms with Crippen LogP contribution in [0.25, 0.3) is 0 Å². The van der Waals surface area contributed by atoms with E-state index in [9.17, 15) is 5.11 Å². The van der Waals surface area contributed by atoms with E-state index in [1.54, 1.807) is 19.5 Å². The summed E-state index contributed by atoms with van der Waals surface area (Å²) in [5, 5.41) is 10.3. The van der Waals surface area contributed by atoms with Crippen molar-refractivity contribution in [2.45, 2.75) is 13.0 Å². The Morgan fingerprint density at radius 3 is 2.47 bits per heavy atom. The summed E-state index contributed by atoms with van der Waals surface area (Å²) in [6.45, 7) is 1.96. The third-order valence-electron chi connectivity index (χ3n) is 2.79. The van der Waals surface area contributed by atoms with E-state index in [4.69, 9.17) is 4.74 Å². The van der Waals surface area contributed by atoms with Gasteiger partial charge in [0.1, 0.15) is 11.9 Å². The van der Waals surface area contributed by atoms with Crippen molar-refractivity contribution in [1.82, 2.24) is 4.98 Å². The van der Waals surface area contributed by atoms with Gasteiger partial charge in [-0.3, -0.25) is 4.98 Å². The largest absolute Gasteiger partial charge is 0.497 e. The minimum absolute atomic E-state index is 0.621. The molecule has 1 N–H and O–H groups in total. The molecule has 88 valence electrons. The summed E-state index contributed by atoms with van der Waals surface area (Å²) >= 11 is 0. The van der Waals surface area contributed by atoms with Crippen LogP contribution in [-0.2, 0) is 0 Å². The normalized spacial score (nSPS) is 12.2. The number of aromatic nitrogens is 1. The van der Waals surface area contributed by atoms with Crippen molar-refractivity contribution in [3.63, 3.8) is 0 Å². The zero-order valence-electron chi connectivity index (χ0n) is 9.92. The van der Waals surface area contributed by atoms with Gasteiger partial charge in [0.25, 0.3) is 0 Å². The first-order valence-electron chi connectivity index (χ1n) is 5.45. The second-order valence-corrected chi connectivity index (χ2v) is 3.91. The number of methoxy groups -OCH3 is 1. The van der Waals surface area contributed by atoms with E-state index in [1.165, 1.54) is 0 Å². The molecule has 1 atom stereocenters. The molecule has 0 aliphatic rings. The summed E-state index contributed by atoms with van der Waals surface area (Å²) in [5.74, 6) is 0.799. The van der Waals surface area contributed by atoms with Gasteiger partial charge in [0.05, 0.1) is 7.11 Å². The first kappa shape index (κ1) is 11.6. The zero-order valence-corrected chi connectivity index (χ0v) is 9.92. The molecule has 0 fully saturated rings. The molecule has 0 saturated carbocycles. The van der Waals surface area contributed by atoms with Gasteiger partial charge in [-0.05, 0) is 47.9 Å². The molecular formula is C14H15NO2. The third-order valence-corrected chi connectivity index (χ3v) is 2.79. The van der Waals surface area contributed by atoms with Crippen LogP contribution in [0, 0.1) is 6.92 Å². The van der Waals surface area contributed by atoms with Gasteiger partial charge in [0, 0.05) is 12.4 Å². The fourth-order valence-electron chi connectivity index (χ4n) is 1.81. The van der Waals surface area contributed by atoms with Gasteiger partial charge >= 0.3 is 0 Å². The Morgan fingerprint density at radius 2 is 1.88 bits per heavy atom. The summed E-state index contributed by atoms with van der Waals surface area (Å²) in [6, 6.07) is 9.29. The Morgan fingerprint density at radius 1 is 1.18 bits per heavy atom. The Labute approximate surface area is 101 Å². The third kappa shape index (κ3) is 2.45. The van der Waals surface area contributed by atoms with E-state index in [-0.39, 0.29) is 0 Å². The molecule has 0 radical (unpaired) electrons. The second-order valence-electron chi connectivity index (χ2n) is 3.91. The predicted molar refractivity (Wildman–Crippen MR) is 66.0 cm³/mol. The number of nitrogens with zero attached hydrogens (tertiary/aromatic N) is 1. The van der Waals surface area contributed by atoms with Crippen molar-refractivity contribution in [2.24, 2.45) is 0 Å². The van der Waals surface area contributed by atoms with E-state index < -0.39 is 6.10 Å². The van der Waals surface area contributed by atoms with Crippen molar-refractivity contribution >= 4 is 0 Å². The van der Waals surface area contributed by atoms with Crippen LogP contribution in [0.2, 0.25) is 0 Å². The number of rotatable bonds is 3. The molecule has 0 spiro atoms. The van der Waals surface area contributed by atoms with Crippen LogP contribution in [0.3, 0.4) is 0 Å². The summed E-state index contributed by atoms with van der Waals surface area (Å²) in [6.07, 6.45) is 2.73. The Bertz CT molecular complexity index is 497. The quantitative estimate of drug-likeness (QED) is 0.879. The number of aryl methyl sites for hydroxylation is 1. The highest BCUT2D eigenvalue weighted by molar-refractivity contribution is 5.39. The summed E-state index contributed by atoms with van der Waals surface area (Å²) in [5.41, 5.74) is 2.74. The van der Waals surface area contributed by atoms with Crippen molar-refractivity contribution in [3.8, 4) is 5.75 Å². The van der Waals surface area contributed by atoms with Crippen LogP contribution in [0.1, 0.15) is 22.8 Å². The maximum absolute atomic E-state index is 10.3. The maximum atomic E-state index is 10.3.